The molecule has 0 fully saturated rings. The van der Waals surface area contributed by atoms with Crippen LogP contribution in [0.2, 0.25) is 0 Å². The third kappa shape index (κ3) is 1.61. The van der Waals surface area contributed by atoms with Gasteiger partial charge in [-0.3, -0.25) is 0 Å². The highest BCUT2D eigenvalue weighted by molar-refractivity contribution is 6.16. The highest BCUT2D eigenvalue weighted by Crippen LogP contribution is 2.07. The van der Waals surface area contributed by atoms with Gasteiger partial charge in [0.2, 0.25) is 0 Å². The smallest absolute Gasteiger partial charge is 0.123 e. The Hall–Kier alpha value is -0.760. The molecule has 0 unspecified atom stereocenters. The molecular weight excluding hydrogens is 148 g/mol. The van der Waals surface area contributed by atoms with Crippen LogP contribution in [0.5, 0.6) is 0 Å². The second kappa shape index (κ2) is 2.88. The molecule has 3 heteroatoms. The van der Waals surface area contributed by atoms with E-state index in [2.05, 4.69) is 4.98 Å². The predicted octanol–water partition coefficient (Wildman–Crippen LogP) is 1.71. The minimum Gasteiger partial charge on any atom is -0.384 e. The minimum absolute atomic E-state index is 0.423. The number of aromatic nitrogens is 1. The number of hydrogen-bond acceptors (Lipinski definition) is 2. The number of nitrogens with two attached hydrogens (primary N) is 1. The summed E-state index contributed by atoms with van der Waals surface area (Å²) in [6.45, 7) is 1.97. The molecule has 0 radical (unpaired) electrons. The Morgan fingerprint density at radius 3 is 2.80 bits per heavy atom. The summed E-state index contributed by atoms with van der Waals surface area (Å²) in [6, 6.07) is 3.74. The largest absolute Gasteiger partial charge is 0.384 e. The van der Waals surface area contributed by atoms with Crippen LogP contribution in [0.4, 0.5) is 5.82 Å². The van der Waals surface area contributed by atoms with Crippen molar-refractivity contribution in [1.29, 1.82) is 0 Å². The molecule has 2 N–H and O–H groups in total. The van der Waals surface area contributed by atoms with Gasteiger partial charge < -0.3 is 5.73 Å². The molecule has 1 aromatic heterocycles. The van der Waals surface area contributed by atoms with Crippen molar-refractivity contribution in [3.63, 3.8) is 0 Å². The van der Waals surface area contributed by atoms with E-state index in [4.69, 9.17) is 17.3 Å². The van der Waals surface area contributed by atoms with Crippen LogP contribution < -0.4 is 5.73 Å². The number of alkyl halides is 1. The third-order valence-electron chi connectivity index (χ3n) is 1.18. The maximum absolute atomic E-state index is 5.55. The quantitative estimate of drug-likeness (QED) is 0.629. The highest BCUT2D eigenvalue weighted by atomic mass is 35.5. The van der Waals surface area contributed by atoms with Gasteiger partial charge in [0, 0.05) is 0 Å². The number of nitrogen functional groups attached to an aromatic ring is 1. The summed E-state index contributed by atoms with van der Waals surface area (Å²) in [7, 11) is 0. The molecule has 0 saturated heterocycles. The molecule has 0 saturated carbocycles. The Morgan fingerprint density at radius 2 is 2.30 bits per heavy atom. The predicted molar refractivity (Wildman–Crippen MR) is 42.9 cm³/mol. The van der Waals surface area contributed by atoms with E-state index in [1.54, 1.807) is 0 Å². The second-order valence-electron chi connectivity index (χ2n) is 2.19. The topological polar surface area (TPSA) is 38.9 Å². The van der Waals surface area contributed by atoms with Crippen LogP contribution in [0.1, 0.15) is 11.3 Å². The van der Waals surface area contributed by atoms with Crippen molar-refractivity contribution in [3.8, 4) is 0 Å². The molecule has 0 aliphatic rings. The number of pyridine rings is 1. The van der Waals surface area contributed by atoms with Crippen LogP contribution in [0.15, 0.2) is 12.1 Å². The summed E-state index contributed by atoms with van der Waals surface area (Å²) in [5.41, 5.74) is 7.40. The van der Waals surface area contributed by atoms with Gasteiger partial charge in [0.05, 0.1) is 11.6 Å². The zero-order valence-corrected chi connectivity index (χ0v) is 6.52. The maximum atomic E-state index is 5.55. The number of anilines is 1. The lowest BCUT2D eigenvalue weighted by molar-refractivity contribution is 1.16. The first-order chi connectivity index (χ1) is 4.72. The summed E-state index contributed by atoms with van der Waals surface area (Å²) in [6.07, 6.45) is 0. The molecule has 0 atom stereocenters. The first-order valence-corrected chi connectivity index (χ1v) is 3.55. The first-order valence-electron chi connectivity index (χ1n) is 3.01. The van der Waals surface area contributed by atoms with Gasteiger partial charge in [-0.05, 0) is 24.6 Å². The van der Waals surface area contributed by atoms with E-state index >= 15 is 0 Å². The molecule has 54 valence electrons. The second-order valence-corrected chi connectivity index (χ2v) is 2.46. The summed E-state index contributed by atoms with van der Waals surface area (Å²) in [4.78, 5) is 4.00. The van der Waals surface area contributed by atoms with E-state index in [9.17, 15) is 0 Å². The van der Waals surface area contributed by atoms with Crippen LogP contribution in [0, 0.1) is 6.92 Å². The van der Waals surface area contributed by atoms with Gasteiger partial charge in [0.15, 0.2) is 0 Å². The number of aryl methyl sites for hydroxylation is 1. The third-order valence-corrected chi connectivity index (χ3v) is 1.45. The zero-order chi connectivity index (χ0) is 7.56. The van der Waals surface area contributed by atoms with E-state index in [1.807, 2.05) is 19.1 Å². The molecule has 0 bridgehead atoms. The van der Waals surface area contributed by atoms with Crippen molar-refractivity contribution in [3.05, 3.63) is 23.4 Å². The highest BCUT2D eigenvalue weighted by Gasteiger charge is 1.94. The van der Waals surface area contributed by atoms with Crippen LogP contribution >= 0.6 is 11.6 Å². The van der Waals surface area contributed by atoms with Crippen molar-refractivity contribution in [2.45, 2.75) is 12.8 Å². The van der Waals surface area contributed by atoms with Crippen molar-refractivity contribution >= 4 is 17.4 Å². The molecule has 1 rings (SSSR count). The van der Waals surface area contributed by atoms with Crippen molar-refractivity contribution in [1.82, 2.24) is 4.98 Å². The lowest BCUT2D eigenvalue weighted by atomic mass is 10.2. The normalized spacial score (nSPS) is 9.80. The fraction of sp³-hybridized carbons (Fsp3) is 0.286. The molecule has 1 heterocycles. The van der Waals surface area contributed by atoms with Crippen molar-refractivity contribution in [2.24, 2.45) is 0 Å². The van der Waals surface area contributed by atoms with Crippen LogP contribution in [0.3, 0.4) is 0 Å². The lowest BCUT2D eigenvalue weighted by Gasteiger charge is -1.98. The molecule has 0 aliphatic heterocycles. The Kier molecular flexibility index (Phi) is 2.12. The zero-order valence-electron chi connectivity index (χ0n) is 5.76. The number of nitrogens with zero attached hydrogens (tertiary/aromatic N) is 1. The molecule has 2 nitrogen and oxygen atoms in total. The lowest BCUT2D eigenvalue weighted by Crippen LogP contribution is -1.94. The van der Waals surface area contributed by atoms with E-state index in [0.29, 0.717) is 11.7 Å². The SMILES string of the molecule is Cc1cc(N)nc(CCl)c1. The summed E-state index contributed by atoms with van der Waals surface area (Å²) >= 11 is 5.55. The van der Waals surface area contributed by atoms with Gasteiger partial charge in [-0.15, -0.1) is 11.6 Å². The van der Waals surface area contributed by atoms with Crippen LogP contribution in [-0.4, -0.2) is 4.98 Å². The van der Waals surface area contributed by atoms with Gasteiger partial charge >= 0.3 is 0 Å². The molecule has 10 heavy (non-hydrogen) atoms. The number of hydrogen-bond donors (Lipinski definition) is 1. The summed E-state index contributed by atoms with van der Waals surface area (Å²) in [5.74, 6) is 0.960. The van der Waals surface area contributed by atoms with Gasteiger partial charge in [-0.25, -0.2) is 4.98 Å². The van der Waals surface area contributed by atoms with E-state index in [-0.39, 0.29) is 0 Å². The van der Waals surface area contributed by atoms with E-state index in [1.165, 1.54) is 0 Å². The van der Waals surface area contributed by atoms with Crippen LogP contribution in [0.25, 0.3) is 0 Å². The standard InChI is InChI=1S/C7H9ClN2/c1-5-2-6(4-8)10-7(9)3-5/h2-3H,4H2,1H3,(H2,9,10). The average Bonchev–Trinajstić information content (AvgIpc) is 1.85. The molecule has 0 amide bonds. The van der Waals surface area contributed by atoms with E-state index < -0.39 is 0 Å². The average molecular weight is 157 g/mol. The molecule has 1 aromatic rings. The summed E-state index contributed by atoms with van der Waals surface area (Å²) < 4.78 is 0. The monoisotopic (exact) mass is 156 g/mol. The van der Waals surface area contributed by atoms with Gasteiger partial charge in [-0.1, -0.05) is 0 Å². The van der Waals surface area contributed by atoms with Crippen molar-refractivity contribution < 1.29 is 0 Å². The Morgan fingerprint density at radius 1 is 1.60 bits per heavy atom. The van der Waals surface area contributed by atoms with E-state index in [0.717, 1.165) is 11.3 Å². The molecule has 0 aromatic carbocycles. The summed E-state index contributed by atoms with van der Waals surface area (Å²) in [5, 5.41) is 0. The Bertz CT molecular complexity index is 215. The Balaban J connectivity index is 3.06. The fourth-order valence-corrected chi connectivity index (χ4v) is 0.973. The molecule has 0 aliphatic carbocycles. The number of halogens is 1. The van der Waals surface area contributed by atoms with Gasteiger partial charge in [0.25, 0.3) is 0 Å². The van der Waals surface area contributed by atoms with Gasteiger partial charge in [0.1, 0.15) is 5.82 Å². The van der Waals surface area contributed by atoms with Crippen molar-refractivity contribution in [2.75, 3.05) is 5.73 Å². The van der Waals surface area contributed by atoms with Crippen LogP contribution in [-0.2, 0) is 5.88 Å². The van der Waals surface area contributed by atoms with Gasteiger partial charge in [-0.2, -0.15) is 0 Å². The number of rotatable bonds is 1. The maximum Gasteiger partial charge on any atom is 0.123 e. The fourth-order valence-electron chi connectivity index (χ4n) is 0.837. The first kappa shape index (κ1) is 7.35. The molecular formula is C7H9ClN2. The minimum atomic E-state index is 0.423. The molecule has 0 spiro atoms. The Labute approximate surface area is 65.0 Å².